The number of hydrogen-bond acceptors (Lipinski definition) is 4. The molecular weight excluding hydrogens is 303 g/mol. The van der Waals surface area contributed by atoms with Crippen molar-refractivity contribution in [3.63, 3.8) is 0 Å². The molecule has 0 aliphatic heterocycles. The number of benzene rings is 1. The monoisotopic (exact) mass is 314 g/mol. The van der Waals surface area contributed by atoms with Gasteiger partial charge >= 0.3 is 18.1 Å². The van der Waals surface area contributed by atoms with Crippen LogP contribution in [0.25, 0.3) is 0 Å². The molecule has 0 aliphatic rings. The lowest BCUT2D eigenvalue weighted by Crippen LogP contribution is -2.54. The van der Waals surface area contributed by atoms with E-state index < -0.39 is 29.9 Å². The highest BCUT2D eigenvalue weighted by Gasteiger charge is 2.67. The first-order valence-corrected chi connectivity index (χ1v) is 5.66. The molecule has 0 amide bonds. The van der Waals surface area contributed by atoms with E-state index in [1.54, 1.807) is 0 Å². The summed E-state index contributed by atoms with van der Waals surface area (Å²) in [6.45, 7) is 0.865. The minimum absolute atomic E-state index is 0.252. The van der Waals surface area contributed by atoms with Crippen molar-refractivity contribution in [1.29, 1.82) is 0 Å². The number of rotatable bonds is 5. The number of phenols is 1. The number of aromatic hydroxyl groups is 1. The Balaban J connectivity index is 3.08. The number of phenolic OH excluding ortho intramolecular Hbond substituents is 1. The van der Waals surface area contributed by atoms with Gasteiger partial charge in [0.05, 0.1) is 6.61 Å². The molecule has 0 aliphatic carbocycles. The van der Waals surface area contributed by atoms with E-state index in [2.05, 4.69) is 9.47 Å². The summed E-state index contributed by atoms with van der Waals surface area (Å²) >= 11 is 0. The van der Waals surface area contributed by atoms with Crippen molar-refractivity contribution >= 4 is 5.97 Å². The summed E-state index contributed by atoms with van der Waals surface area (Å²) in [4.78, 5) is 11.3. The second-order valence-corrected chi connectivity index (χ2v) is 3.86. The van der Waals surface area contributed by atoms with Crippen LogP contribution in [-0.2, 0) is 9.53 Å². The van der Waals surface area contributed by atoms with Gasteiger partial charge in [0.1, 0.15) is 11.5 Å². The zero-order chi connectivity index (χ0) is 16.3. The van der Waals surface area contributed by atoms with Gasteiger partial charge in [0.2, 0.25) is 0 Å². The topological polar surface area (TPSA) is 55.8 Å². The van der Waals surface area contributed by atoms with Crippen LogP contribution in [-0.4, -0.2) is 35.9 Å². The van der Waals surface area contributed by atoms with Crippen molar-refractivity contribution in [1.82, 2.24) is 0 Å². The molecule has 1 aromatic carbocycles. The zero-order valence-corrected chi connectivity index (χ0v) is 10.7. The van der Waals surface area contributed by atoms with E-state index in [1.165, 1.54) is 6.92 Å². The van der Waals surface area contributed by atoms with Crippen molar-refractivity contribution < 1.29 is 41.3 Å². The Kier molecular flexibility index (Phi) is 4.97. The van der Waals surface area contributed by atoms with E-state index in [-0.39, 0.29) is 12.4 Å². The SMILES string of the molecule is CCOC(=O)[C@@H](Oc1ccc(O)cc1)C(F)(F)C(F)(F)F. The molecule has 0 radical (unpaired) electrons. The summed E-state index contributed by atoms with van der Waals surface area (Å²) in [5, 5.41) is 9.00. The van der Waals surface area contributed by atoms with Crippen LogP contribution in [0.3, 0.4) is 0 Å². The third-order valence-corrected chi connectivity index (χ3v) is 2.30. The van der Waals surface area contributed by atoms with Gasteiger partial charge in [-0.1, -0.05) is 0 Å². The van der Waals surface area contributed by atoms with Gasteiger partial charge in [-0.3, -0.25) is 0 Å². The highest BCUT2D eigenvalue weighted by Crippen LogP contribution is 2.40. The predicted octanol–water partition coefficient (Wildman–Crippen LogP) is 2.90. The summed E-state index contributed by atoms with van der Waals surface area (Å²) in [5.74, 6) is -7.97. The van der Waals surface area contributed by atoms with Gasteiger partial charge in [0.15, 0.2) is 0 Å². The second kappa shape index (κ2) is 6.15. The number of hydrogen-bond donors (Lipinski definition) is 1. The van der Waals surface area contributed by atoms with Crippen molar-refractivity contribution in [3.8, 4) is 11.5 Å². The van der Waals surface area contributed by atoms with Gasteiger partial charge in [-0.2, -0.15) is 22.0 Å². The van der Waals surface area contributed by atoms with Crippen LogP contribution in [0.1, 0.15) is 6.92 Å². The fraction of sp³-hybridized carbons (Fsp3) is 0.417. The van der Waals surface area contributed by atoms with Gasteiger partial charge in [0.25, 0.3) is 6.10 Å². The summed E-state index contributed by atoms with van der Waals surface area (Å²) in [6.07, 6.45) is -9.16. The average Bonchev–Trinajstić information content (AvgIpc) is 2.36. The number of carbonyl (C=O) groups is 1. The van der Waals surface area contributed by atoms with E-state index in [9.17, 15) is 26.7 Å². The third kappa shape index (κ3) is 3.96. The molecule has 118 valence electrons. The number of esters is 1. The summed E-state index contributed by atoms with van der Waals surface area (Å²) in [7, 11) is 0. The lowest BCUT2D eigenvalue weighted by Gasteiger charge is -2.27. The molecule has 0 saturated heterocycles. The fourth-order valence-electron chi connectivity index (χ4n) is 1.30. The predicted molar refractivity (Wildman–Crippen MR) is 60.2 cm³/mol. The normalized spacial score (nSPS) is 13.6. The van der Waals surface area contributed by atoms with Crippen LogP contribution in [0.4, 0.5) is 22.0 Å². The largest absolute Gasteiger partial charge is 0.508 e. The molecule has 0 saturated carbocycles. The second-order valence-electron chi connectivity index (χ2n) is 3.86. The fourth-order valence-corrected chi connectivity index (χ4v) is 1.30. The first-order valence-electron chi connectivity index (χ1n) is 5.66. The van der Waals surface area contributed by atoms with Crippen LogP contribution in [0, 0.1) is 0 Å². The molecule has 0 aromatic heterocycles. The molecule has 0 unspecified atom stereocenters. The molecule has 9 heteroatoms. The van der Waals surface area contributed by atoms with Crippen LogP contribution < -0.4 is 4.74 Å². The van der Waals surface area contributed by atoms with Gasteiger partial charge in [-0.25, -0.2) is 4.79 Å². The maximum absolute atomic E-state index is 13.3. The number of carbonyl (C=O) groups excluding carboxylic acids is 1. The van der Waals surface area contributed by atoms with Crippen molar-refractivity contribution in [2.24, 2.45) is 0 Å². The Labute approximate surface area is 116 Å². The number of ether oxygens (including phenoxy) is 2. The van der Waals surface area contributed by atoms with Crippen LogP contribution in [0.5, 0.6) is 11.5 Å². The molecule has 1 aromatic rings. The Morgan fingerprint density at radius 2 is 1.71 bits per heavy atom. The van der Waals surface area contributed by atoms with Gasteiger partial charge in [-0.15, -0.1) is 0 Å². The van der Waals surface area contributed by atoms with Crippen molar-refractivity contribution in [2.75, 3.05) is 6.61 Å². The summed E-state index contributed by atoms with van der Waals surface area (Å²) < 4.78 is 72.4. The third-order valence-electron chi connectivity index (χ3n) is 2.30. The summed E-state index contributed by atoms with van der Waals surface area (Å²) in [5.41, 5.74) is 0. The molecule has 1 N–H and O–H groups in total. The van der Waals surface area contributed by atoms with E-state index in [1.807, 2.05) is 0 Å². The maximum Gasteiger partial charge on any atom is 0.458 e. The standard InChI is InChI=1S/C12H11F5O4/c1-2-20-10(19)9(11(13,14)12(15,16)17)21-8-5-3-7(18)4-6-8/h3-6,9,18H,2H2,1H3/t9-/m1/s1. The Morgan fingerprint density at radius 1 is 1.19 bits per heavy atom. The average molecular weight is 314 g/mol. The molecule has 0 fully saturated rings. The molecule has 4 nitrogen and oxygen atoms in total. The molecule has 21 heavy (non-hydrogen) atoms. The molecule has 0 spiro atoms. The van der Waals surface area contributed by atoms with Crippen LogP contribution in [0.15, 0.2) is 24.3 Å². The van der Waals surface area contributed by atoms with Gasteiger partial charge in [-0.05, 0) is 31.2 Å². The highest BCUT2D eigenvalue weighted by atomic mass is 19.4. The number of alkyl halides is 5. The van der Waals surface area contributed by atoms with E-state index in [4.69, 9.17) is 5.11 Å². The Morgan fingerprint density at radius 3 is 2.14 bits per heavy atom. The molecule has 0 heterocycles. The Bertz CT molecular complexity index is 483. The quantitative estimate of drug-likeness (QED) is 0.671. The lowest BCUT2D eigenvalue weighted by atomic mass is 10.1. The van der Waals surface area contributed by atoms with Crippen molar-refractivity contribution in [2.45, 2.75) is 25.1 Å². The number of halogens is 5. The van der Waals surface area contributed by atoms with E-state index >= 15 is 0 Å². The lowest BCUT2D eigenvalue weighted by molar-refractivity contribution is -0.307. The van der Waals surface area contributed by atoms with Crippen LogP contribution in [0.2, 0.25) is 0 Å². The minimum Gasteiger partial charge on any atom is -0.508 e. The van der Waals surface area contributed by atoms with Crippen LogP contribution >= 0.6 is 0 Å². The smallest absolute Gasteiger partial charge is 0.458 e. The molecule has 1 rings (SSSR count). The minimum atomic E-state index is -5.98. The summed E-state index contributed by atoms with van der Waals surface area (Å²) in [6, 6.07) is 3.88. The van der Waals surface area contributed by atoms with E-state index in [0.29, 0.717) is 0 Å². The molecular formula is C12H11F5O4. The molecule has 1 atom stereocenters. The van der Waals surface area contributed by atoms with Gasteiger partial charge in [0, 0.05) is 0 Å². The highest BCUT2D eigenvalue weighted by molar-refractivity contribution is 5.76. The first-order chi connectivity index (χ1) is 9.59. The maximum atomic E-state index is 13.3. The first kappa shape index (κ1) is 17.0. The zero-order valence-electron chi connectivity index (χ0n) is 10.7. The Hall–Kier alpha value is -2.06. The molecule has 0 bridgehead atoms. The van der Waals surface area contributed by atoms with E-state index in [0.717, 1.165) is 24.3 Å². The van der Waals surface area contributed by atoms with Gasteiger partial charge < -0.3 is 14.6 Å². The van der Waals surface area contributed by atoms with Crippen molar-refractivity contribution in [3.05, 3.63) is 24.3 Å².